The van der Waals surface area contributed by atoms with Crippen LogP contribution < -0.4 is 99.5 Å². The number of hydrazine groups is 1. The minimum Gasteiger partial charge on any atom is -0.744 e. The molecule has 0 saturated carbocycles. The third-order valence-corrected chi connectivity index (χ3v) is 4.40. The molecule has 2 aromatic rings. The summed E-state index contributed by atoms with van der Waals surface area (Å²) in [5.41, 5.74) is 7.21. The number of nitrogens with one attached hydrogen (secondary N) is 2. The van der Waals surface area contributed by atoms with E-state index < -0.39 is 20.7 Å². The predicted molar refractivity (Wildman–Crippen MR) is 101 cm³/mol. The van der Waals surface area contributed by atoms with E-state index in [2.05, 4.69) is 28.2 Å². The molecule has 0 unspecified atom stereocenters. The summed E-state index contributed by atoms with van der Waals surface area (Å²) in [6.45, 7) is 0. The summed E-state index contributed by atoms with van der Waals surface area (Å²) in [5.74, 6) is -0.182. The van der Waals surface area contributed by atoms with Crippen LogP contribution in [-0.2, 0) is 30.3 Å². The zero-order valence-corrected chi connectivity index (χ0v) is 25.9. The maximum Gasteiger partial charge on any atom is 1.00 e. The SMILES string of the molecule is O=C=O.O=S(=O)([O-])C1=CC=C(n2n[c-]c(NNc3cc[c-]cc3)c2O)CC1.O=S(=O)=O.[Na+].[Na+].[Na+]. The van der Waals surface area contributed by atoms with E-state index in [1.165, 1.54) is 16.8 Å². The number of benzene rings is 1. The van der Waals surface area contributed by atoms with Crippen molar-refractivity contribution in [2.24, 2.45) is 0 Å². The van der Waals surface area contributed by atoms with Gasteiger partial charge in [-0.25, -0.2) is 8.42 Å². The molecule has 0 atom stereocenters. The molecule has 1 aliphatic carbocycles. The third-order valence-electron chi connectivity index (χ3n) is 3.42. The van der Waals surface area contributed by atoms with Crippen LogP contribution in [0.25, 0.3) is 5.70 Å². The van der Waals surface area contributed by atoms with Gasteiger partial charge in [0.2, 0.25) is 0 Å². The number of hydrogen-bond acceptors (Lipinski definition) is 12. The number of anilines is 2. The predicted octanol–water partition coefficient (Wildman–Crippen LogP) is -8.88. The maximum absolute atomic E-state index is 11.0. The molecule has 13 nitrogen and oxygen atoms in total. The van der Waals surface area contributed by atoms with Crippen molar-refractivity contribution < 1.29 is 129 Å². The van der Waals surface area contributed by atoms with Gasteiger partial charge in [-0.1, -0.05) is 11.9 Å². The van der Waals surface area contributed by atoms with E-state index >= 15 is 0 Å². The Morgan fingerprint density at radius 1 is 1.06 bits per heavy atom. The Morgan fingerprint density at radius 2 is 1.59 bits per heavy atom. The summed E-state index contributed by atoms with van der Waals surface area (Å²) in [7, 11) is -7.55. The van der Waals surface area contributed by atoms with Gasteiger partial charge in [0.25, 0.3) is 0 Å². The van der Waals surface area contributed by atoms with Gasteiger partial charge in [-0.3, -0.25) is 5.10 Å². The van der Waals surface area contributed by atoms with E-state index in [1.807, 2.05) is 0 Å². The molecule has 0 aliphatic heterocycles. The van der Waals surface area contributed by atoms with Crippen LogP contribution >= 0.6 is 0 Å². The molecule has 0 spiro atoms. The topological polar surface area (TPSA) is 205 Å². The summed E-state index contributed by atoms with van der Waals surface area (Å²) in [5, 5.41) is 14.2. The first kappa shape index (κ1) is 37.8. The summed E-state index contributed by atoms with van der Waals surface area (Å²) in [6.07, 6.45) is 5.88. The molecule has 1 aliphatic rings. The fourth-order valence-electron chi connectivity index (χ4n) is 2.18. The Labute approximate surface area is 262 Å². The van der Waals surface area contributed by atoms with Gasteiger partial charge in [-0.2, -0.15) is 27.8 Å². The molecule has 34 heavy (non-hydrogen) atoms. The fraction of sp³-hybridized carbons (Fsp3) is 0.125. The molecule has 0 amide bonds. The van der Waals surface area contributed by atoms with Crippen LogP contribution in [0.3, 0.4) is 0 Å². The number of carbonyl (C=O) groups excluding carboxylic acids is 2. The standard InChI is InChI=1S/C15H14N4O4S.CO2.3Na.O3S/c20-15-14(18-17-11-4-2-1-3-5-11)10-16-19(15)12-6-8-13(9-7-12)24(21,22)23;2-1-3;;;;1-4(2)3/h2-6,8,17-18,20H,7,9H2,(H,21,22,23);;;;;/q-2;;3*+1;/p-1. The fourth-order valence-corrected chi connectivity index (χ4v) is 2.77. The minimum absolute atomic E-state index is 0. The third kappa shape index (κ3) is 13.9. The second-order valence-electron chi connectivity index (χ2n) is 5.29. The van der Waals surface area contributed by atoms with Crippen molar-refractivity contribution in [1.82, 2.24) is 9.78 Å². The van der Waals surface area contributed by atoms with Gasteiger partial charge in [0, 0.05) is 10.6 Å². The van der Waals surface area contributed by atoms with E-state index in [1.54, 1.807) is 24.3 Å². The van der Waals surface area contributed by atoms with Crippen LogP contribution in [0.1, 0.15) is 12.8 Å². The van der Waals surface area contributed by atoms with Crippen molar-refractivity contribution in [3.05, 3.63) is 53.6 Å². The largest absolute Gasteiger partial charge is 1.00 e. The van der Waals surface area contributed by atoms with Crippen LogP contribution in [0, 0.1) is 12.3 Å². The molecule has 0 fully saturated rings. The van der Waals surface area contributed by atoms with E-state index in [9.17, 15) is 18.1 Å². The molecule has 3 rings (SSSR count). The first-order valence-electron chi connectivity index (χ1n) is 7.90. The summed E-state index contributed by atoms with van der Waals surface area (Å²) in [6, 6.07) is 9.92. The molecular weight excluding hydrogens is 525 g/mol. The van der Waals surface area contributed by atoms with Gasteiger partial charge in [0.05, 0.1) is 5.88 Å². The average molecular weight is 538 g/mol. The maximum atomic E-state index is 11.0. The first-order chi connectivity index (χ1) is 14.6. The molecular formula is C16H13N4Na3O9S2. The van der Waals surface area contributed by atoms with Gasteiger partial charge in [-0.05, 0) is 30.7 Å². The van der Waals surface area contributed by atoms with Gasteiger partial charge in [-0.15, -0.1) is 24.8 Å². The molecule has 0 bridgehead atoms. The minimum atomic E-state index is -4.43. The van der Waals surface area contributed by atoms with Crippen molar-refractivity contribution >= 4 is 44.0 Å². The zero-order chi connectivity index (χ0) is 23.4. The summed E-state index contributed by atoms with van der Waals surface area (Å²) in [4.78, 5) is 16.1. The van der Waals surface area contributed by atoms with Gasteiger partial charge in [0.15, 0.2) is 0 Å². The molecule has 18 heteroatoms. The number of aromatic nitrogens is 2. The van der Waals surface area contributed by atoms with Gasteiger partial charge in [0.1, 0.15) is 10.1 Å². The second-order valence-corrected chi connectivity index (χ2v) is 7.13. The quantitative estimate of drug-likeness (QED) is 0.141. The van der Waals surface area contributed by atoms with Crippen LogP contribution in [0.4, 0.5) is 11.4 Å². The number of aromatic hydroxyl groups is 1. The molecule has 1 aromatic carbocycles. The molecule has 1 heterocycles. The zero-order valence-electron chi connectivity index (χ0n) is 18.3. The Morgan fingerprint density at radius 3 is 2.03 bits per heavy atom. The van der Waals surface area contributed by atoms with Crippen molar-refractivity contribution in [2.45, 2.75) is 12.8 Å². The number of hydrogen-bond donors (Lipinski definition) is 3. The average Bonchev–Trinajstić information content (AvgIpc) is 3.07. The number of nitrogens with zero attached hydrogens (tertiary/aromatic N) is 2. The smallest absolute Gasteiger partial charge is 0.744 e. The van der Waals surface area contributed by atoms with E-state index in [0.717, 1.165) is 5.69 Å². The van der Waals surface area contributed by atoms with E-state index in [-0.39, 0.29) is 124 Å². The molecule has 0 radical (unpaired) electrons. The Kier molecular flexibility index (Phi) is 21.6. The van der Waals surface area contributed by atoms with Crippen molar-refractivity contribution in [3.8, 4) is 5.88 Å². The number of rotatable bonds is 5. The first-order valence-corrected chi connectivity index (χ1v) is 10.3. The van der Waals surface area contributed by atoms with Crippen LogP contribution in [0.15, 0.2) is 41.3 Å². The van der Waals surface area contributed by atoms with Gasteiger partial charge < -0.3 is 25.2 Å². The Hall–Kier alpha value is -0.780. The van der Waals surface area contributed by atoms with Crippen molar-refractivity contribution in [2.75, 3.05) is 10.9 Å². The Balaban J connectivity index is -0.000000857. The Bertz CT molecular complexity index is 1200. The monoisotopic (exact) mass is 538 g/mol. The molecule has 3 N–H and O–H groups in total. The normalized spacial score (nSPS) is 11.3. The number of allylic oxidation sites excluding steroid dienone is 4. The van der Waals surface area contributed by atoms with E-state index in [0.29, 0.717) is 5.70 Å². The van der Waals surface area contributed by atoms with Crippen molar-refractivity contribution in [3.63, 3.8) is 0 Å². The summed E-state index contributed by atoms with van der Waals surface area (Å²) >= 11 is 0. The second kappa shape index (κ2) is 19.4. The van der Waals surface area contributed by atoms with Crippen molar-refractivity contribution in [1.29, 1.82) is 0 Å². The molecule has 0 saturated heterocycles. The molecule has 1 aromatic heterocycles. The van der Waals surface area contributed by atoms with Crippen LogP contribution in [-0.4, -0.2) is 46.6 Å². The van der Waals surface area contributed by atoms with Crippen LogP contribution in [0.5, 0.6) is 5.88 Å². The summed E-state index contributed by atoms with van der Waals surface area (Å²) < 4.78 is 59.5. The molecule has 166 valence electrons. The van der Waals surface area contributed by atoms with Crippen LogP contribution in [0.2, 0.25) is 0 Å². The van der Waals surface area contributed by atoms with E-state index in [4.69, 9.17) is 22.2 Å². The van der Waals surface area contributed by atoms with Gasteiger partial charge >= 0.3 is 105 Å².